The first-order valence-electron chi connectivity index (χ1n) is 11.8. The van der Waals surface area contributed by atoms with Crippen LogP contribution in [0, 0.1) is 5.41 Å². The van der Waals surface area contributed by atoms with E-state index in [4.69, 9.17) is 19.5 Å². The third kappa shape index (κ3) is 7.94. The Hall–Kier alpha value is -2.13. The Morgan fingerprint density at radius 1 is 1.24 bits per heavy atom. The molecule has 0 spiro atoms. The summed E-state index contributed by atoms with van der Waals surface area (Å²) in [5.41, 5.74) is 4.59. The second-order valence-corrected chi connectivity index (χ2v) is 12.1. The van der Waals surface area contributed by atoms with E-state index in [0.717, 1.165) is 21.9 Å². The van der Waals surface area contributed by atoms with Gasteiger partial charge in [0.25, 0.3) is 0 Å². The number of nitrogens with two attached hydrogens (primary N) is 1. The number of benzene rings is 1. The van der Waals surface area contributed by atoms with E-state index < -0.39 is 50.0 Å². The van der Waals surface area contributed by atoms with Crippen LogP contribution in [0.3, 0.4) is 0 Å². The van der Waals surface area contributed by atoms with Gasteiger partial charge in [-0.1, -0.05) is 42.1 Å². The smallest absolute Gasteiger partial charge is 0.395 e. The Morgan fingerprint density at radius 3 is 2.61 bits per heavy atom. The molecule has 38 heavy (non-hydrogen) atoms. The minimum absolute atomic E-state index is 0.0125. The highest BCUT2D eigenvalue weighted by molar-refractivity contribution is 8.13. The fourth-order valence-corrected chi connectivity index (χ4v) is 5.59. The number of ether oxygens (including phenoxy) is 1. The van der Waals surface area contributed by atoms with Gasteiger partial charge in [-0.25, -0.2) is 14.4 Å². The van der Waals surface area contributed by atoms with Crippen molar-refractivity contribution in [3.63, 3.8) is 0 Å². The van der Waals surface area contributed by atoms with Crippen molar-refractivity contribution in [2.45, 2.75) is 44.9 Å². The molecule has 13 nitrogen and oxygen atoms in total. The molecular weight excluding hydrogens is 539 g/mol. The summed E-state index contributed by atoms with van der Waals surface area (Å²) in [5, 5.41) is 32.8. The molecule has 2 aromatic rings. The van der Waals surface area contributed by atoms with E-state index in [9.17, 15) is 29.5 Å². The van der Waals surface area contributed by atoms with Gasteiger partial charge >= 0.3 is 13.4 Å². The minimum Gasteiger partial charge on any atom is -0.395 e. The number of aromatic nitrogens is 2. The molecule has 0 amide bonds. The molecular formula is C23H33N4O9PS. The fraction of sp³-hybridized carbons (Fsp3) is 0.522. The molecule has 5 atom stereocenters. The molecule has 1 saturated heterocycles. The third-order valence-corrected chi connectivity index (χ3v) is 8.46. The second kappa shape index (κ2) is 13.3. The van der Waals surface area contributed by atoms with Crippen molar-refractivity contribution in [2.24, 2.45) is 5.41 Å². The predicted molar refractivity (Wildman–Crippen MR) is 140 cm³/mol. The van der Waals surface area contributed by atoms with E-state index in [-0.39, 0.29) is 36.4 Å². The summed E-state index contributed by atoms with van der Waals surface area (Å²) in [5.74, 6) is 0.139. The number of thioether (sulfide) groups is 1. The molecule has 0 bridgehead atoms. The van der Waals surface area contributed by atoms with Gasteiger partial charge in [0, 0.05) is 18.5 Å². The van der Waals surface area contributed by atoms with Gasteiger partial charge < -0.3 is 25.8 Å². The highest BCUT2D eigenvalue weighted by atomic mass is 32.2. The molecule has 1 aliphatic rings. The van der Waals surface area contributed by atoms with Crippen molar-refractivity contribution in [1.29, 1.82) is 0 Å². The molecule has 1 aromatic heterocycles. The monoisotopic (exact) mass is 572 g/mol. The van der Waals surface area contributed by atoms with E-state index >= 15 is 0 Å². The van der Waals surface area contributed by atoms with Crippen molar-refractivity contribution in [3.05, 3.63) is 58.6 Å². The maximum absolute atomic E-state index is 13.5. The Kier molecular flexibility index (Phi) is 10.6. The normalized spacial score (nSPS) is 23.3. The lowest BCUT2D eigenvalue weighted by Crippen LogP contribution is -2.36. The van der Waals surface area contributed by atoms with Crippen LogP contribution in [-0.4, -0.2) is 73.9 Å². The summed E-state index contributed by atoms with van der Waals surface area (Å²) in [4.78, 5) is 28.0. The lowest BCUT2D eigenvalue weighted by Gasteiger charge is -2.23. The highest BCUT2D eigenvalue weighted by Gasteiger charge is 2.45. The second-order valence-electron chi connectivity index (χ2n) is 9.21. The van der Waals surface area contributed by atoms with Crippen LogP contribution in [0.1, 0.15) is 25.6 Å². The number of anilines is 1. The molecule has 0 radical (unpaired) electrons. The number of aliphatic hydroxyl groups excluding tert-OH is 3. The van der Waals surface area contributed by atoms with Crippen molar-refractivity contribution in [2.75, 3.05) is 31.3 Å². The van der Waals surface area contributed by atoms with Crippen molar-refractivity contribution >= 4 is 30.4 Å². The van der Waals surface area contributed by atoms with Gasteiger partial charge in [-0.15, -0.1) is 0 Å². The highest BCUT2D eigenvalue weighted by Crippen LogP contribution is 2.45. The van der Waals surface area contributed by atoms with Gasteiger partial charge in [-0.2, -0.15) is 4.98 Å². The predicted octanol–water partition coefficient (Wildman–Crippen LogP) is 0.654. The maximum atomic E-state index is 13.5. The van der Waals surface area contributed by atoms with Gasteiger partial charge in [-0.3, -0.25) is 18.4 Å². The number of carbonyl (C=O) groups is 1. The van der Waals surface area contributed by atoms with E-state index in [2.05, 4.69) is 10.1 Å². The fourth-order valence-electron chi connectivity index (χ4n) is 3.35. The third-order valence-electron chi connectivity index (χ3n) is 5.72. The molecule has 6 N–H and O–H groups in total. The van der Waals surface area contributed by atoms with Crippen LogP contribution in [0.15, 0.2) is 47.4 Å². The van der Waals surface area contributed by atoms with Crippen LogP contribution in [0.2, 0.25) is 0 Å². The standard InChI is InChI=1S/C23H33N4O9PS/c1-23(2,14-28)21(31)38-11-10-34-37(33,25-12-15-6-4-3-5-7-15)35-13-16-18(29)19(30)20(36-16)27-9-8-17(24)26-22(27)32/h3-9,16,18-20,28-30H,10-14H2,1-2H3,(H,25,33)(H2,24,26,32)/t16-,18-,19+,20-,37?/m1/s1. The molecule has 15 heteroatoms. The van der Waals surface area contributed by atoms with E-state index in [1.165, 1.54) is 12.3 Å². The van der Waals surface area contributed by atoms with Gasteiger partial charge in [0.15, 0.2) is 11.3 Å². The topological polar surface area (TPSA) is 195 Å². The van der Waals surface area contributed by atoms with Crippen LogP contribution in [-0.2, 0) is 29.7 Å². The Balaban J connectivity index is 1.64. The molecule has 1 aliphatic heterocycles. The van der Waals surface area contributed by atoms with Crippen molar-refractivity contribution in [1.82, 2.24) is 14.6 Å². The number of carbonyl (C=O) groups excluding carboxylic acids is 1. The van der Waals surface area contributed by atoms with Crippen LogP contribution in [0.25, 0.3) is 0 Å². The number of nitrogens with one attached hydrogen (secondary N) is 1. The number of nitrogens with zero attached hydrogens (tertiary/aromatic N) is 2. The average Bonchev–Trinajstić information content (AvgIpc) is 3.18. The molecule has 1 fully saturated rings. The average molecular weight is 573 g/mol. The zero-order chi connectivity index (χ0) is 27.9. The first kappa shape index (κ1) is 30.4. The first-order valence-corrected chi connectivity index (χ1v) is 14.3. The molecule has 3 rings (SSSR count). The lowest BCUT2D eigenvalue weighted by atomic mass is 9.97. The summed E-state index contributed by atoms with van der Waals surface area (Å²) in [6.07, 6.45) is -4.12. The van der Waals surface area contributed by atoms with Gasteiger partial charge in [0.05, 0.1) is 25.2 Å². The molecule has 2 heterocycles. The van der Waals surface area contributed by atoms with Crippen LogP contribution in [0.5, 0.6) is 0 Å². The summed E-state index contributed by atoms with van der Waals surface area (Å²) in [6.45, 7) is 2.48. The van der Waals surface area contributed by atoms with E-state index in [1.54, 1.807) is 13.8 Å². The molecule has 0 aliphatic carbocycles. The first-order chi connectivity index (χ1) is 18.0. The Labute approximate surface area is 223 Å². The Bertz CT molecular complexity index is 1180. The quantitative estimate of drug-likeness (QED) is 0.166. The zero-order valence-electron chi connectivity index (χ0n) is 21.0. The molecule has 1 unspecified atom stereocenters. The van der Waals surface area contributed by atoms with Gasteiger partial charge in [0.1, 0.15) is 24.1 Å². The number of aliphatic hydroxyl groups is 3. The summed E-state index contributed by atoms with van der Waals surface area (Å²) in [6, 6.07) is 10.4. The van der Waals surface area contributed by atoms with Crippen molar-refractivity contribution < 1.29 is 38.5 Å². The lowest BCUT2D eigenvalue weighted by molar-refractivity contribution is -0.119. The minimum atomic E-state index is -3.99. The number of hydrogen-bond acceptors (Lipinski definition) is 12. The summed E-state index contributed by atoms with van der Waals surface area (Å²) in [7, 11) is -3.99. The zero-order valence-corrected chi connectivity index (χ0v) is 22.7. The maximum Gasteiger partial charge on any atom is 0.405 e. The van der Waals surface area contributed by atoms with Crippen molar-refractivity contribution in [3.8, 4) is 0 Å². The summed E-state index contributed by atoms with van der Waals surface area (Å²) < 4.78 is 31.2. The van der Waals surface area contributed by atoms with E-state index in [1.807, 2.05) is 30.3 Å². The Morgan fingerprint density at radius 2 is 1.95 bits per heavy atom. The number of rotatable bonds is 13. The van der Waals surface area contributed by atoms with Gasteiger partial charge in [0.2, 0.25) is 0 Å². The molecule has 0 saturated carbocycles. The van der Waals surface area contributed by atoms with Crippen LogP contribution < -0.4 is 16.5 Å². The SMILES string of the molecule is CC(C)(CO)C(=O)SCCOP(=O)(NCc1ccccc1)OC[C@H]1O[C@@H](n2ccc(N)nc2=O)[C@@H](O)[C@@H]1O. The van der Waals surface area contributed by atoms with Crippen LogP contribution >= 0.6 is 19.5 Å². The van der Waals surface area contributed by atoms with Crippen LogP contribution in [0.4, 0.5) is 5.82 Å². The summed E-state index contributed by atoms with van der Waals surface area (Å²) >= 11 is 0.934. The largest absolute Gasteiger partial charge is 0.405 e. The van der Waals surface area contributed by atoms with E-state index in [0.29, 0.717) is 0 Å². The number of nitrogen functional groups attached to an aromatic ring is 1. The number of hydrogen-bond donors (Lipinski definition) is 5. The molecule has 1 aromatic carbocycles. The molecule has 210 valence electrons. The van der Waals surface area contributed by atoms with Gasteiger partial charge in [-0.05, 0) is 25.5 Å².